The van der Waals surface area contributed by atoms with Crippen LogP contribution in [0.4, 0.5) is 5.69 Å². The van der Waals surface area contributed by atoms with Crippen LogP contribution in [-0.2, 0) is 11.8 Å². The standard InChI is InChI=1S/C22H25N3O3/c1-24-16-18(21(27)25-13-7-2-3-8-14-25)15-19(22(24)28)23-20(26)12-11-17-9-5-4-6-10-17/h4-6,9-12,15-16H,2-3,7-8,13-14H2,1H3,(H,23,26). The van der Waals surface area contributed by atoms with Gasteiger partial charge in [0.2, 0.25) is 5.91 Å². The molecule has 0 unspecified atom stereocenters. The predicted molar refractivity (Wildman–Crippen MR) is 110 cm³/mol. The lowest BCUT2D eigenvalue weighted by Gasteiger charge is -2.21. The summed E-state index contributed by atoms with van der Waals surface area (Å²) in [5.74, 6) is -0.520. The number of hydrogen-bond acceptors (Lipinski definition) is 3. The summed E-state index contributed by atoms with van der Waals surface area (Å²) in [6, 6.07) is 10.9. The fourth-order valence-electron chi connectivity index (χ4n) is 3.29. The van der Waals surface area contributed by atoms with Crippen molar-refractivity contribution >= 4 is 23.6 Å². The minimum atomic E-state index is -0.416. The Morgan fingerprint density at radius 3 is 2.39 bits per heavy atom. The second kappa shape index (κ2) is 9.17. The lowest BCUT2D eigenvalue weighted by molar-refractivity contribution is -0.111. The maximum Gasteiger partial charge on any atom is 0.274 e. The zero-order chi connectivity index (χ0) is 19.9. The highest BCUT2D eigenvalue weighted by Crippen LogP contribution is 2.14. The largest absolute Gasteiger partial charge is 0.339 e. The van der Waals surface area contributed by atoms with Crippen LogP contribution >= 0.6 is 0 Å². The maximum atomic E-state index is 12.8. The predicted octanol–water partition coefficient (Wildman–Crippen LogP) is 3.05. The molecule has 1 fully saturated rings. The molecule has 28 heavy (non-hydrogen) atoms. The van der Waals surface area contributed by atoms with Gasteiger partial charge in [-0.25, -0.2) is 0 Å². The molecule has 0 radical (unpaired) electrons. The van der Waals surface area contributed by atoms with E-state index < -0.39 is 5.91 Å². The maximum absolute atomic E-state index is 12.8. The van der Waals surface area contributed by atoms with E-state index in [4.69, 9.17) is 0 Å². The summed E-state index contributed by atoms with van der Waals surface area (Å²) in [5, 5.41) is 2.60. The molecular weight excluding hydrogens is 354 g/mol. The van der Waals surface area contributed by atoms with Crippen LogP contribution in [0.2, 0.25) is 0 Å². The molecule has 0 spiro atoms. The summed E-state index contributed by atoms with van der Waals surface area (Å²) in [4.78, 5) is 39.3. The molecule has 2 aromatic rings. The number of amides is 2. The number of likely N-dealkylation sites (tertiary alicyclic amines) is 1. The molecular formula is C22H25N3O3. The Hall–Kier alpha value is -3.15. The summed E-state index contributed by atoms with van der Waals surface area (Å²) in [6.07, 6.45) is 8.82. The second-order valence-corrected chi connectivity index (χ2v) is 7.00. The Bertz CT molecular complexity index is 924. The van der Waals surface area contributed by atoms with Gasteiger partial charge < -0.3 is 14.8 Å². The Kier molecular flexibility index (Phi) is 6.42. The highest BCUT2D eigenvalue weighted by Gasteiger charge is 2.19. The van der Waals surface area contributed by atoms with Crippen molar-refractivity contribution in [2.75, 3.05) is 18.4 Å². The SMILES string of the molecule is Cn1cc(C(=O)N2CCCCCC2)cc(NC(=O)C=Cc2ccccc2)c1=O. The van der Waals surface area contributed by atoms with Crippen molar-refractivity contribution in [3.8, 4) is 0 Å². The van der Waals surface area contributed by atoms with Gasteiger partial charge in [-0.3, -0.25) is 14.4 Å². The smallest absolute Gasteiger partial charge is 0.274 e. The van der Waals surface area contributed by atoms with Gasteiger partial charge in [-0.1, -0.05) is 43.2 Å². The van der Waals surface area contributed by atoms with E-state index >= 15 is 0 Å². The number of carbonyl (C=O) groups is 2. The lowest BCUT2D eigenvalue weighted by Crippen LogP contribution is -2.33. The van der Waals surface area contributed by atoms with Crippen molar-refractivity contribution in [3.63, 3.8) is 0 Å². The number of aromatic nitrogens is 1. The number of nitrogens with zero attached hydrogens (tertiary/aromatic N) is 2. The fraction of sp³-hybridized carbons (Fsp3) is 0.318. The third-order valence-electron chi connectivity index (χ3n) is 4.81. The van der Waals surface area contributed by atoms with Crippen LogP contribution in [-0.4, -0.2) is 34.4 Å². The van der Waals surface area contributed by atoms with Crippen LogP contribution in [0.1, 0.15) is 41.6 Å². The first-order chi connectivity index (χ1) is 13.5. The first-order valence-corrected chi connectivity index (χ1v) is 9.58. The Labute approximate surface area is 164 Å². The van der Waals surface area contributed by atoms with Crippen LogP contribution in [0, 0.1) is 0 Å². The van der Waals surface area contributed by atoms with E-state index in [1.54, 1.807) is 13.1 Å². The van der Waals surface area contributed by atoms with E-state index in [9.17, 15) is 14.4 Å². The lowest BCUT2D eigenvalue weighted by atomic mass is 10.2. The highest BCUT2D eigenvalue weighted by molar-refractivity contribution is 6.03. The van der Waals surface area contributed by atoms with Crippen LogP contribution in [0.15, 0.2) is 53.5 Å². The van der Waals surface area contributed by atoms with Crippen molar-refractivity contribution in [1.29, 1.82) is 0 Å². The number of anilines is 1. The van der Waals surface area contributed by atoms with Crippen LogP contribution in [0.3, 0.4) is 0 Å². The van der Waals surface area contributed by atoms with Gasteiger partial charge in [0.25, 0.3) is 11.5 Å². The fourth-order valence-corrected chi connectivity index (χ4v) is 3.29. The Balaban J connectivity index is 1.77. The van der Waals surface area contributed by atoms with Crippen molar-refractivity contribution in [2.45, 2.75) is 25.7 Å². The number of carbonyl (C=O) groups excluding carboxylic acids is 2. The van der Waals surface area contributed by atoms with Gasteiger partial charge >= 0.3 is 0 Å². The van der Waals surface area contributed by atoms with E-state index in [1.807, 2.05) is 35.2 Å². The van der Waals surface area contributed by atoms with Gasteiger partial charge in [-0.2, -0.15) is 0 Å². The van der Waals surface area contributed by atoms with Gasteiger partial charge in [0.1, 0.15) is 5.69 Å². The number of pyridine rings is 1. The molecule has 2 amide bonds. The van der Waals surface area contributed by atoms with E-state index in [0.717, 1.165) is 44.3 Å². The topological polar surface area (TPSA) is 71.4 Å². The minimum absolute atomic E-state index is 0.103. The number of benzene rings is 1. The highest BCUT2D eigenvalue weighted by atomic mass is 16.2. The molecule has 0 saturated carbocycles. The molecule has 6 nitrogen and oxygen atoms in total. The molecule has 0 aliphatic carbocycles. The first-order valence-electron chi connectivity index (χ1n) is 9.58. The molecule has 146 valence electrons. The molecule has 6 heteroatoms. The van der Waals surface area contributed by atoms with Crippen molar-refractivity contribution < 1.29 is 9.59 Å². The molecule has 1 N–H and O–H groups in total. The summed E-state index contributed by atoms with van der Waals surface area (Å²) in [6.45, 7) is 1.45. The summed E-state index contributed by atoms with van der Waals surface area (Å²) < 4.78 is 1.33. The Morgan fingerprint density at radius 1 is 1.04 bits per heavy atom. The molecule has 0 atom stereocenters. The molecule has 1 aromatic heterocycles. The van der Waals surface area contributed by atoms with Crippen molar-refractivity contribution in [2.24, 2.45) is 7.05 Å². The summed E-state index contributed by atoms with van der Waals surface area (Å²) >= 11 is 0. The molecule has 0 bridgehead atoms. The molecule has 1 aromatic carbocycles. The molecule has 1 aliphatic rings. The number of nitrogens with one attached hydrogen (secondary N) is 1. The van der Waals surface area contributed by atoms with E-state index in [-0.39, 0.29) is 17.2 Å². The molecule has 1 aliphatic heterocycles. The average Bonchev–Trinajstić information content (AvgIpc) is 2.99. The number of hydrogen-bond donors (Lipinski definition) is 1. The second-order valence-electron chi connectivity index (χ2n) is 7.00. The van der Waals surface area contributed by atoms with Crippen LogP contribution in [0.25, 0.3) is 6.08 Å². The quantitative estimate of drug-likeness (QED) is 0.830. The zero-order valence-corrected chi connectivity index (χ0v) is 16.1. The molecule has 1 saturated heterocycles. The minimum Gasteiger partial charge on any atom is -0.339 e. The number of rotatable bonds is 4. The summed E-state index contributed by atoms with van der Waals surface area (Å²) in [5.41, 5.74) is 1.04. The Morgan fingerprint density at radius 2 is 1.71 bits per heavy atom. The van der Waals surface area contributed by atoms with Crippen molar-refractivity contribution in [3.05, 3.63) is 70.2 Å². The van der Waals surface area contributed by atoms with E-state index in [1.165, 1.54) is 22.9 Å². The van der Waals surface area contributed by atoms with E-state index in [0.29, 0.717) is 5.56 Å². The first kappa shape index (κ1) is 19.6. The van der Waals surface area contributed by atoms with Gasteiger partial charge in [0, 0.05) is 32.4 Å². The van der Waals surface area contributed by atoms with Gasteiger partial charge in [-0.05, 0) is 30.5 Å². The van der Waals surface area contributed by atoms with Gasteiger partial charge in [0.05, 0.1) is 5.56 Å². The van der Waals surface area contributed by atoms with Gasteiger partial charge in [-0.15, -0.1) is 0 Å². The molecule has 3 rings (SSSR count). The van der Waals surface area contributed by atoms with E-state index in [2.05, 4.69) is 5.32 Å². The summed E-state index contributed by atoms with van der Waals surface area (Å²) in [7, 11) is 1.58. The normalized spacial score (nSPS) is 14.7. The molecule has 2 heterocycles. The number of aryl methyl sites for hydroxylation is 1. The van der Waals surface area contributed by atoms with Crippen LogP contribution in [0.5, 0.6) is 0 Å². The monoisotopic (exact) mass is 379 g/mol. The van der Waals surface area contributed by atoms with Crippen LogP contribution < -0.4 is 10.9 Å². The van der Waals surface area contributed by atoms with Gasteiger partial charge in [0.15, 0.2) is 0 Å². The zero-order valence-electron chi connectivity index (χ0n) is 16.1. The van der Waals surface area contributed by atoms with Crippen molar-refractivity contribution in [1.82, 2.24) is 9.47 Å². The third kappa shape index (κ3) is 4.97. The third-order valence-corrected chi connectivity index (χ3v) is 4.81. The average molecular weight is 379 g/mol.